The van der Waals surface area contributed by atoms with Crippen molar-refractivity contribution in [2.75, 3.05) is 7.11 Å². The highest BCUT2D eigenvalue weighted by Crippen LogP contribution is 2.25. The summed E-state index contributed by atoms with van der Waals surface area (Å²) in [5.41, 5.74) is 1.09. The second-order valence-electron chi connectivity index (χ2n) is 8.04. The Balaban J connectivity index is 2.10. The van der Waals surface area contributed by atoms with Gasteiger partial charge < -0.3 is 14.7 Å². The summed E-state index contributed by atoms with van der Waals surface area (Å²) in [6, 6.07) is 7.45. The molecule has 0 saturated heterocycles. The first-order chi connectivity index (χ1) is 14.3. The molecule has 0 heterocycles. The highest BCUT2D eigenvalue weighted by Gasteiger charge is 2.36. The summed E-state index contributed by atoms with van der Waals surface area (Å²) >= 11 is 0. The molecule has 2 N–H and O–H groups in total. The number of amides is 1. The third kappa shape index (κ3) is 6.55. The van der Waals surface area contributed by atoms with Crippen molar-refractivity contribution in [3.8, 4) is 0 Å². The number of nitrogens with zero attached hydrogens (tertiary/aromatic N) is 1. The number of nitrogens with one attached hydrogen (secondary N) is 1. The molecule has 0 aliphatic heterocycles. The fourth-order valence-electron chi connectivity index (χ4n) is 4.13. The Hall–Kier alpha value is -2.41. The number of carbonyl (C=O) groups is 3. The van der Waals surface area contributed by atoms with E-state index in [1.165, 1.54) is 12.0 Å². The third-order valence-electron chi connectivity index (χ3n) is 5.87. The van der Waals surface area contributed by atoms with Crippen LogP contribution in [-0.2, 0) is 25.5 Å². The molecule has 1 amide bonds. The molecule has 1 aromatic rings. The van der Waals surface area contributed by atoms with Gasteiger partial charge in [-0.3, -0.25) is 14.9 Å². The smallest absolute Gasteiger partial charge is 0.326 e. The lowest BCUT2D eigenvalue weighted by Gasteiger charge is -2.39. The number of esters is 1. The number of carboxylic acid groups (broad SMARTS) is 1. The van der Waals surface area contributed by atoms with E-state index in [-0.39, 0.29) is 11.9 Å². The lowest BCUT2D eigenvalue weighted by atomic mass is 9.92. The van der Waals surface area contributed by atoms with Gasteiger partial charge in [-0.15, -0.1) is 0 Å². The standard InChI is InChI=1S/C23H34N2O5/c1-16(21(26)25(17(2)22(27)28)19-12-8-5-9-13-19)24-20(23(29)30-3)15-14-18-10-6-4-7-11-18/h4,6-7,10-11,16-17,19-20,24H,5,8-9,12-15H2,1-3H3,(H,27,28)/t16?,17-,20-/m0/s1. The lowest BCUT2D eigenvalue weighted by molar-refractivity contribution is -0.153. The maximum absolute atomic E-state index is 13.3. The minimum absolute atomic E-state index is 0.0810. The second-order valence-corrected chi connectivity index (χ2v) is 8.04. The average Bonchev–Trinajstić information content (AvgIpc) is 2.77. The van der Waals surface area contributed by atoms with Gasteiger partial charge in [0.1, 0.15) is 12.1 Å². The normalized spacial score (nSPS) is 17.6. The predicted molar refractivity (Wildman–Crippen MR) is 114 cm³/mol. The van der Waals surface area contributed by atoms with E-state index in [4.69, 9.17) is 4.74 Å². The van der Waals surface area contributed by atoms with Crippen molar-refractivity contribution in [2.24, 2.45) is 0 Å². The SMILES string of the molecule is COC(=O)[C@H](CCc1ccccc1)NC(C)C(=O)N(C1CCCCC1)[C@@H](C)C(=O)O. The number of hydrogen-bond donors (Lipinski definition) is 2. The summed E-state index contributed by atoms with van der Waals surface area (Å²) < 4.78 is 4.92. The van der Waals surface area contributed by atoms with Gasteiger partial charge in [0, 0.05) is 6.04 Å². The second kappa shape index (κ2) is 11.7. The number of rotatable bonds is 10. The van der Waals surface area contributed by atoms with Crippen molar-refractivity contribution in [3.05, 3.63) is 35.9 Å². The highest BCUT2D eigenvalue weighted by molar-refractivity contribution is 5.87. The highest BCUT2D eigenvalue weighted by atomic mass is 16.5. The van der Waals surface area contributed by atoms with E-state index >= 15 is 0 Å². The Bertz CT molecular complexity index is 703. The Morgan fingerprint density at radius 1 is 1.13 bits per heavy atom. The molecule has 1 aliphatic rings. The van der Waals surface area contributed by atoms with E-state index in [0.29, 0.717) is 12.8 Å². The van der Waals surface area contributed by atoms with E-state index in [1.54, 1.807) is 13.8 Å². The van der Waals surface area contributed by atoms with Crippen molar-refractivity contribution in [1.29, 1.82) is 0 Å². The molecule has 7 heteroatoms. The van der Waals surface area contributed by atoms with Crippen LogP contribution in [0.3, 0.4) is 0 Å². The van der Waals surface area contributed by atoms with Gasteiger partial charge in [0.2, 0.25) is 5.91 Å². The third-order valence-corrected chi connectivity index (χ3v) is 5.87. The fourth-order valence-corrected chi connectivity index (χ4v) is 4.13. The Morgan fingerprint density at radius 2 is 1.77 bits per heavy atom. The van der Waals surface area contributed by atoms with Crippen LogP contribution in [0.5, 0.6) is 0 Å². The number of ether oxygens (including phenoxy) is 1. The maximum atomic E-state index is 13.3. The van der Waals surface area contributed by atoms with Gasteiger partial charge in [-0.05, 0) is 45.1 Å². The number of carbonyl (C=O) groups excluding carboxylic acids is 2. The molecule has 3 atom stereocenters. The van der Waals surface area contributed by atoms with Crippen LogP contribution in [-0.4, -0.2) is 59.1 Å². The monoisotopic (exact) mass is 418 g/mol. The first-order valence-electron chi connectivity index (χ1n) is 10.8. The molecule has 7 nitrogen and oxygen atoms in total. The van der Waals surface area contributed by atoms with Crippen LogP contribution in [0.4, 0.5) is 0 Å². The topological polar surface area (TPSA) is 95.9 Å². The van der Waals surface area contributed by atoms with Gasteiger partial charge >= 0.3 is 11.9 Å². The molecule has 166 valence electrons. The van der Waals surface area contributed by atoms with Gasteiger partial charge in [0.05, 0.1) is 13.2 Å². The Morgan fingerprint density at radius 3 is 2.33 bits per heavy atom. The largest absolute Gasteiger partial charge is 0.480 e. The van der Waals surface area contributed by atoms with Crippen molar-refractivity contribution < 1.29 is 24.2 Å². The van der Waals surface area contributed by atoms with Crippen LogP contribution in [0.2, 0.25) is 0 Å². The van der Waals surface area contributed by atoms with Crippen molar-refractivity contribution >= 4 is 17.8 Å². The van der Waals surface area contributed by atoms with E-state index in [0.717, 1.165) is 37.7 Å². The van der Waals surface area contributed by atoms with Crippen molar-refractivity contribution in [1.82, 2.24) is 10.2 Å². The summed E-state index contributed by atoms with van der Waals surface area (Å²) in [5.74, 6) is -1.73. The molecular weight excluding hydrogens is 384 g/mol. The molecule has 2 rings (SSSR count). The summed E-state index contributed by atoms with van der Waals surface area (Å²) in [6.45, 7) is 3.24. The number of carboxylic acids is 1. The Labute approximate surface area is 178 Å². The summed E-state index contributed by atoms with van der Waals surface area (Å²) in [4.78, 5) is 38.7. The number of aryl methyl sites for hydroxylation is 1. The molecule has 1 fully saturated rings. The number of hydrogen-bond acceptors (Lipinski definition) is 5. The zero-order valence-electron chi connectivity index (χ0n) is 18.2. The van der Waals surface area contributed by atoms with Crippen molar-refractivity contribution in [2.45, 2.75) is 83.0 Å². The molecule has 1 aliphatic carbocycles. The van der Waals surface area contributed by atoms with Gasteiger partial charge in [-0.1, -0.05) is 49.6 Å². The van der Waals surface area contributed by atoms with Gasteiger partial charge in [-0.25, -0.2) is 4.79 Å². The van der Waals surface area contributed by atoms with Crippen LogP contribution in [0, 0.1) is 0 Å². The van der Waals surface area contributed by atoms with E-state index in [2.05, 4.69) is 5.32 Å². The van der Waals surface area contributed by atoms with E-state index < -0.39 is 30.1 Å². The summed E-state index contributed by atoms with van der Waals surface area (Å²) in [6.07, 6.45) is 5.85. The number of methoxy groups -OCH3 is 1. The molecule has 0 spiro atoms. The molecule has 1 unspecified atom stereocenters. The predicted octanol–water partition coefficient (Wildman–Crippen LogP) is 2.77. The van der Waals surface area contributed by atoms with E-state index in [1.807, 2.05) is 30.3 Å². The minimum atomic E-state index is -1.02. The quantitative estimate of drug-likeness (QED) is 0.567. The van der Waals surface area contributed by atoms with Crippen LogP contribution < -0.4 is 5.32 Å². The molecule has 0 aromatic heterocycles. The van der Waals surface area contributed by atoms with E-state index in [9.17, 15) is 19.5 Å². The fraction of sp³-hybridized carbons (Fsp3) is 0.609. The molecule has 1 aromatic carbocycles. The molecule has 30 heavy (non-hydrogen) atoms. The zero-order chi connectivity index (χ0) is 22.1. The molecule has 1 saturated carbocycles. The summed E-state index contributed by atoms with van der Waals surface area (Å²) in [5, 5.41) is 12.6. The lowest BCUT2D eigenvalue weighted by Crippen LogP contribution is -2.57. The van der Waals surface area contributed by atoms with Crippen LogP contribution in [0.1, 0.15) is 57.9 Å². The van der Waals surface area contributed by atoms with Gasteiger partial charge in [-0.2, -0.15) is 0 Å². The van der Waals surface area contributed by atoms with Gasteiger partial charge in [0.25, 0.3) is 0 Å². The maximum Gasteiger partial charge on any atom is 0.326 e. The minimum Gasteiger partial charge on any atom is -0.480 e. The molecular formula is C23H34N2O5. The number of benzene rings is 1. The average molecular weight is 419 g/mol. The van der Waals surface area contributed by atoms with Gasteiger partial charge in [0.15, 0.2) is 0 Å². The zero-order valence-corrected chi connectivity index (χ0v) is 18.2. The van der Waals surface area contributed by atoms with Crippen LogP contribution >= 0.6 is 0 Å². The first-order valence-corrected chi connectivity index (χ1v) is 10.8. The summed E-state index contributed by atoms with van der Waals surface area (Å²) in [7, 11) is 1.33. The molecule has 0 bridgehead atoms. The number of aliphatic carboxylic acids is 1. The Kier molecular flexibility index (Phi) is 9.30. The van der Waals surface area contributed by atoms with Crippen LogP contribution in [0.15, 0.2) is 30.3 Å². The van der Waals surface area contributed by atoms with Crippen molar-refractivity contribution in [3.63, 3.8) is 0 Å². The van der Waals surface area contributed by atoms with Crippen LogP contribution in [0.25, 0.3) is 0 Å². The molecule has 0 radical (unpaired) electrons. The first kappa shape index (κ1) is 23.9.